The van der Waals surface area contributed by atoms with Gasteiger partial charge in [-0.2, -0.15) is 4.31 Å². The summed E-state index contributed by atoms with van der Waals surface area (Å²) >= 11 is 0. The molecule has 0 aromatic carbocycles. The maximum Gasteiger partial charge on any atom is 0.219 e. The fraction of sp³-hybridized carbons (Fsp3) is 1.00. The molecule has 0 spiro atoms. The third-order valence-electron chi connectivity index (χ3n) is 1.63. The summed E-state index contributed by atoms with van der Waals surface area (Å²) in [4.78, 5) is 0. The molecular formula is C5H12N2O4S. The number of aliphatic hydroxyl groups excluding tert-OH is 1. The highest BCUT2D eigenvalue weighted by Crippen LogP contribution is 2.12. The molecule has 1 heterocycles. The molecule has 7 heteroatoms. The quantitative estimate of drug-likeness (QED) is 0.425. The van der Waals surface area contributed by atoms with E-state index in [1.54, 1.807) is 0 Å². The van der Waals surface area contributed by atoms with Gasteiger partial charge >= 0.3 is 0 Å². The summed E-state index contributed by atoms with van der Waals surface area (Å²) in [6.45, 7) is 0.546. The van der Waals surface area contributed by atoms with Crippen LogP contribution in [0.3, 0.4) is 0 Å². The van der Waals surface area contributed by atoms with Crippen LogP contribution in [0.15, 0.2) is 0 Å². The lowest BCUT2D eigenvalue weighted by Crippen LogP contribution is -2.58. The predicted octanol–water partition coefficient (Wildman–Crippen LogP) is -2.73. The van der Waals surface area contributed by atoms with Gasteiger partial charge in [0, 0.05) is 19.1 Å². The van der Waals surface area contributed by atoms with Crippen LogP contribution in [-0.4, -0.2) is 54.1 Å². The zero-order chi connectivity index (χ0) is 9.35. The lowest BCUT2D eigenvalue weighted by atomic mass is 10.2. The topological polar surface area (TPSA) is 104 Å². The molecule has 1 saturated heterocycles. The van der Waals surface area contributed by atoms with Crippen LogP contribution in [0.4, 0.5) is 0 Å². The molecule has 0 aromatic heterocycles. The molecule has 1 rings (SSSR count). The van der Waals surface area contributed by atoms with E-state index in [2.05, 4.69) is 0 Å². The lowest BCUT2D eigenvalue weighted by molar-refractivity contribution is -0.0209. The number of hydrogen-bond acceptors (Lipinski definition) is 5. The molecule has 0 aromatic rings. The highest BCUT2D eigenvalue weighted by atomic mass is 32.2. The summed E-state index contributed by atoms with van der Waals surface area (Å²) < 4.78 is 23.4. The maximum absolute atomic E-state index is 11.1. The number of aliphatic hydroxyl groups is 2. The standard InChI is InChI=1S/C5H12N2O4S/c6-4-1-7(2-4)12(10,11)3-5(8)9/h4-5,8-9H,1-3,6H2. The Morgan fingerprint density at radius 3 is 2.33 bits per heavy atom. The van der Waals surface area contributed by atoms with E-state index in [9.17, 15) is 8.42 Å². The maximum atomic E-state index is 11.1. The van der Waals surface area contributed by atoms with Crippen LogP contribution in [0.1, 0.15) is 0 Å². The molecule has 0 aliphatic carbocycles. The fourth-order valence-corrected chi connectivity index (χ4v) is 2.42. The first kappa shape index (κ1) is 9.87. The van der Waals surface area contributed by atoms with Crippen molar-refractivity contribution in [3.63, 3.8) is 0 Å². The van der Waals surface area contributed by atoms with Gasteiger partial charge in [-0.3, -0.25) is 0 Å². The van der Waals surface area contributed by atoms with E-state index in [1.807, 2.05) is 0 Å². The average molecular weight is 196 g/mol. The van der Waals surface area contributed by atoms with Crippen molar-refractivity contribution in [2.24, 2.45) is 5.73 Å². The first-order valence-corrected chi connectivity index (χ1v) is 5.12. The molecule has 0 radical (unpaired) electrons. The Morgan fingerprint density at radius 2 is 2.00 bits per heavy atom. The van der Waals surface area contributed by atoms with Gasteiger partial charge in [0.25, 0.3) is 0 Å². The SMILES string of the molecule is NC1CN(S(=O)(=O)CC(O)O)C1. The fourth-order valence-electron chi connectivity index (χ4n) is 0.991. The molecule has 0 saturated carbocycles. The molecular weight excluding hydrogens is 184 g/mol. The van der Waals surface area contributed by atoms with Crippen molar-refractivity contribution in [2.75, 3.05) is 18.8 Å². The second-order valence-corrected chi connectivity index (χ2v) is 4.85. The van der Waals surface area contributed by atoms with Gasteiger partial charge < -0.3 is 15.9 Å². The van der Waals surface area contributed by atoms with Crippen LogP contribution < -0.4 is 5.73 Å². The van der Waals surface area contributed by atoms with Gasteiger partial charge in [-0.05, 0) is 0 Å². The second kappa shape index (κ2) is 3.27. The van der Waals surface area contributed by atoms with Gasteiger partial charge in [0.15, 0.2) is 6.29 Å². The monoisotopic (exact) mass is 196 g/mol. The van der Waals surface area contributed by atoms with E-state index in [-0.39, 0.29) is 19.1 Å². The van der Waals surface area contributed by atoms with Crippen LogP contribution in [0.2, 0.25) is 0 Å². The number of rotatable bonds is 3. The number of nitrogens with zero attached hydrogens (tertiary/aromatic N) is 1. The smallest absolute Gasteiger partial charge is 0.219 e. The molecule has 0 amide bonds. The van der Waals surface area contributed by atoms with Crippen molar-refractivity contribution >= 4 is 10.0 Å². The number of hydrogen-bond donors (Lipinski definition) is 3. The Morgan fingerprint density at radius 1 is 1.50 bits per heavy atom. The van der Waals surface area contributed by atoms with Crippen molar-refractivity contribution in [3.05, 3.63) is 0 Å². The normalized spacial score (nSPS) is 21.3. The Hall–Kier alpha value is -0.210. The number of nitrogens with two attached hydrogens (primary N) is 1. The summed E-state index contributed by atoms with van der Waals surface area (Å²) in [6, 6.07) is -0.115. The summed E-state index contributed by atoms with van der Waals surface area (Å²) in [5.74, 6) is -0.653. The molecule has 0 unspecified atom stereocenters. The first-order valence-electron chi connectivity index (χ1n) is 3.51. The Balaban J connectivity index is 2.50. The minimum absolute atomic E-state index is 0.115. The van der Waals surface area contributed by atoms with E-state index in [4.69, 9.17) is 15.9 Å². The van der Waals surface area contributed by atoms with E-state index in [0.29, 0.717) is 0 Å². The van der Waals surface area contributed by atoms with Crippen LogP contribution in [0, 0.1) is 0 Å². The molecule has 4 N–H and O–H groups in total. The molecule has 12 heavy (non-hydrogen) atoms. The third-order valence-corrected chi connectivity index (χ3v) is 3.43. The van der Waals surface area contributed by atoms with Crippen molar-refractivity contribution in [1.82, 2.24) is 4.31 Å². The van der Waals surface area contributed by atoms with Gasteiger partial charge in [-0.15, -0.1) is 0 Å². The summed E-state index contributed by atoms with van der Waals surface area (Å²) in [6.07, 6.45) is -1.81. The Bertz CT molecular complexity index is 244. The second-order valence-electron chi connectivity index (χ2n) is 2.84. The molecule has 0 bridgehead atoms. The van der Waals surface area contributed by atoms with Crippen LogP contribution in [0.25, 0.3) is 0 Å². The van der Waals surface area contributed by atoms with E-state index >= 15 is 0 Å². The molecule has 6 nitrogen and oxygen atoms in total. The minimum Gasteiger partial charge on any atom is -0.367 e. The number of sulfonamides is 1. The zero-order valence-corrected chi connectivity index (χ0v) is 7.24. The van der Waals surface area contributed by atoms with Gasteiger partial charge in [0.2, 0.25) is 10.0 Å². The molecule has 72 valence electrons. The van der Waals surface area contributed by atoms with E-state index in [0.717, 1.165) is 4.31 Å². The molecule has 1 fully saturated rings. The Labute approximate surface area is 70.6 Å². The predicted molar refractivity (Wildman–Crippen MR) is 41.6 cm³/mol. The minimum atomic E-state index is -3.50. The van der Waals surface area contributed by atoms with Crippen LogP contribution >= 0.6 is 0 Å². The largest absolute Gasteiger partial charge is 0.367 e. The van der Waals surface area contributed by atoms with Crippen molar-refractivity contribution in [3.8, 4) is 0 Å². The van der Waals surface area contributed by atoms with Gasteiger partial charge in [0.05, 0.1) is 0 Å². The Kier molecular flexibility index (Phi) is 2.69. The highest BCUT2D eigenvalue weighted by Gasteiger charge is 2.34. The van der Waals surface area contributed by atoms with Crippen LogP contribution in [-0.2, 0) is 10.0 Å². The zero-order valence-electron chi connectivity index (χ0n) is 6.42. The van der Waals surface area contributed by atoms with Crippen molar-refractivity contribution < 1.29 is 18.6 Å². The van der Waals surface area contributed by atoms with E-state index in [1.165, 1.54) is 0 Å². The summed E-state index contributed by atoms with van der Waals surface area (Å²) in [5, 5.41) is 16.9. The first-order chi connectivity index (χ1) is 5.42. The van der Waals surface area contributed by atoms with Crippen LogP contribution in [0.5, 0.6) is 0 Å². The van der Waals surface area contributed by atoms with Gasteiger partial charge in [-0.25, -0.2) is 8.42 Å². The molecule has 1 aliphatic heterocycles. The lowest BCUT2D eigenvalue weighted by Gasteiger charge is -2.35. The van der Waals surface area contributed by atoms with Gasteiger partial charge in [0.1, 0.15) is 5.75 Å². The van der Waals surface area contributed by atoms with Crippen molar-refractivity contribution in [2.45, 2.75) is 12.3 Å². The van der Waals surface area contributed by atoms with Crippen molar-refractivity contribution in [1.29, 1.82) is 0 Å². The molecule has 1 aliphatic rings. The van der Waals surface area contributed by atoms with Gasteiger partial charge in [-0.1, -0.05) is 0 Å². The highest BCUT2D eigenvalue weighted by molar-refractivity contribution is 7.89. The summed E-state index contributed by atoms with van der Waals surface area (Å²) in [5.41, 5.74) is 5.37. The van der Waals surface area contributed by atoms with E-state index < -0.39 is 22.1 Å². The molecule has 0 atom stereocenters. The average Bonchev–Trinajstić information content (AvgIpc) is 1.77. The summed E-state index contributed by atoms with van der Waals surface area (Å²) in [7, 11) is -3.50. The third kappa shape index (κ3) is 2.14.